The minimum Gasteiger partial charge on any atom is -0.496 e. The van der Waals surface area contributed by atoms with Gasteiger partial charge in [-0.1, -0.05) is 12.1 Å². The Morgan fingerprint density at radius 1 is 1.31 bits per heavy atom. The van der Waals surface area contributed by atoms with Gasteiger partial charge in [-0.2, -0.15) is 13.2 Å². The first-order valence-electron chi connectivity index (χ1n) is 8.62. The zero-order chi connectivity index (χ0) is 21.4. The second-order valence-corrected chi connectivity index (χ2v) is 6.84. The SMILES string of the molecule is COc1cc2c(OC[C@@H]3C[C@](F)(CC(F)(F)F)C(=O)N3)cccc2cc1C(N)=O. The molecule has 0 aromatic heterocycles. The third kappa shape index (κ3) is 4.36. The van der Waals surface area contributed by atoms with E-state index in [4.69, 9.17) is 15.2 Å². The van der Waals surface area contributed by atoms with Crippen LogP contribution in [0.3, 0.4) is 0 Å². The molecular formula is C19H18F4N2O4. The Morgan fingerprint density at radius 2 is 2.03 bits per heavy atom. The number of rotatable bonds is 6. The van der Waals surface area contributed by atoms with Gasteiger partial charge in [-0.15, -0.1) is 0 Å². The maximum Gasteiger partial charge on any atom is 0.392 e. The molecule has 1 aliphatic rings. The second kappa shape index (κ2) is 7.41. The van der Waals surface area contributed by atoms with Gasteiger partial charge in [-0.3, -0.25) is 9.59 Å². The second-order valence-electron chi connectivity index (χ2n) is 6.84. The van der Waals surface area contributed by atoms with Crippen molar-refractivity contribution in [3.63, 3.8) is 0 Å². The molecular weight excluding hydrogens is 396 g/mol. The van der Waals surface area contributed by atoms with Crippen molar-refractivity contribution in [1.29, 1.82) is 0 Å². The number of methoxy groups -OCH3 is 1. The molecule has 1 fully saturated rings. The van der Waals surface area contributed by atoms with Gasteiger partial charge in [0, 0.05) is 11.8 Å². The van der Waals surface area contributed by atoms with E-state index in [1.807, 2.05) is 0 Å². The van der Waals surface area contributed by atoms with Crippen LogP contribution in [0.4, 0.5) is 17.6 Å². The predicted octanol–water partition coefficient (Wildman–Crippen LogP) is 2.88. The van der Waals surface area contributed by atoms with Gasteiger partial charge in [0.1, 0.15) is 18.1 Å². The molecule has 1 saturated heterocycles. The summed E-state index contributed by atoms with van der Waals surface area (Å²) in [7, 11) is 1.37. The van der Waals surface area contributed by atoms with Crippen LogP contribution in [0.2, 0.25) is 0 Å². The summed E-state index contributed by atoms with van der Waals surface area (Å²) in [5.74, 6) is -1.41. The summed E-state index contributed by atoms with van der Waals surface area (Å²) in [6, 6.07) is 7.10. The number of carbonyl (C=O) groups is 2. The molecule has 1 heterocycles. The Bertz CT molecular complexity index is 963. The molecule has 10 heteroatoms. The van der Waals surface area contributed by atoms with E-state index in [9.17, 15) is 27.2 Å². The maximum absolute atomic E-state index is 14.4. The lowest BCUT2D eigenvalue weighted by atomic mass is 9.97. The molecule has 156 valence electrons. The van der Waals surface area contributed by atoms with Crippen LogP contribution in [0.5, 0.6) is 11.5 Å². The first kappa shape index (κ1) is 20.7. The van der Waals surface area contributed by atoms with E-state index < -0.39 is 42.5 Å². The monoisotopic (exact) mass is 414 g/mol. The van der Waals surface area contributed by atoms with Crippen molar-refractivity contribution in [2.75, 3.05) is 13.7 Å². The number of primary amides is 1. The summed E-state index contributed by atoms with van der Waals surface area (Å²) in [6.45, 7) is -0.228. The van der Waals surface area contributed by atoms with Gasteiger partial charge in [-0.25, -0.2) is 4.39 Å². The molecule has 6 nitrogen and oxygen atoms in total. The molecule has 29 heavy (non-hydrogen) atoms. The topological polar surface area (TPSA) is 90.7 Å². The lowest BCUT2D eigenvalue weighted by Gasteiger charge is -2.18. The highest BCUT2D eigenvalue weighted by molar-refractivity contribution is 6.02. The number of benzene rings is 2. The fourth-order valence-electron chi connectivity index (χ4n) is 3.37. The van der Waals surface area contributed by atoms with Crippen molar-refractivity contribution in [2.45, 2.75) is 30.7 Å². The van der Waals surface area contributed by atoms with Gasteiger partial charge in [0.15, 0.2) is 5.67 Å². The van der Waals surface area contributed by atoms with Crippen molar-refractivity contribution in [2.24, 2.45) is 5.73 Å². The average molecular weight is 414 g/mol. The van der Waals surface area contributed by atoms with E-state index in [0.29, 0.717) is 16.5 Å². The fourth-order valence-corrected chi connectivity index (χ4v) is 3.37. The van der Waals surface area contributed by atoms with Gasteiger partial charge in [0.25, 0.3) is 11.8 Å². The molecule has 2 aromatic rings. The van der Waals surface area contributed by atoms with E-state index in [-0.39, 0.29) is 17.9 Å². The molecule has 0 radical (unpaired) electrons. The standard InChI is InChI=1S/C19H18F4N2O4/c1-28-15-6-12-10(5-13(15)16(24)26)3-2-4-14(12)29-8-11-7-18(20,17(27)25-11)9-19(21,22)23/h2-6,11H,7-9H2,1H3,(H2,24,26)(H,25,27)/t11-,18-/m0/s1. The highest BCUT2D eigenvalue weighted by Gasteiger charge is 2.54. The normalized spacial score (nSPS) is 21.8. The van der Waals surface area contributed by atoms with Crippen LogP contribution in [-0.2, 0) is 4.79 Å². The molecule has 2 aromatic carbocycles. The number of nitrogens with one attached hydrogen (secondary N) is 1. The number of carbonyl (C=O) groups excluding carboxylic acids is 2. The van der Waals surface area contributed by atoms with Crippen LogP contribution in [-0.4, -0.2) is 43.4 Å². The number of fused-ring (bicyclic) bond motifs is 1. The highest BCUT2D eigenvalue weighted by atomic mass is 19.4. The third-order valence-corrected chi connectivity index (χ3v) is 4.66. The largest absolute Gasteiger partial charge is 0.496 e. The number of alkyl halides is 4. The van der Waals surface area contributed by atoms with Crippen molar-refractivity contribution < 1.29 is 36.6 Å². The lowest BCUT2D eigenvalue weighted by molar-refractivity contribution is -0.168. The lowest BCUT2D eigenvalue weighted by Crippen LogP contribution is -2.38. The minimum atomic E-state index is -4.80. The van der Waals surface area contributed by atoms with Crippen LogP contribution < -0.4 is 20.5 Å². The van der Waals surface area contributed by atoms with Crippen LogP contribution in [0.1, 0.15) is 23.2 Å². The highest BCUT2D eigenvalue weighted by Crippen LogP contribution is 2.37. The number of ether oxygens (including phenoxy) is 2. The van der Waals surface area contributed by atoms with Crippen molar-refractivity contribution >= 4 is 22.6 Å². The maximum atomic E-state index is 14.4. The number of hydrogen-bond donors (Lipinski definition) is 2. The summed E-state index contributed by atoms with van der Waals surface area (Å²) in [4.78, 5) is 23.2. The zero-order valence-corrected chi connectivity index (χ0v) is 15.3. The molecule has 2 amide bonds. The fraction of sp³-hybridized carbons (Fsp3) is 0.368. The van der Waals surface area contributed by atoms with Gasteiger partial charge < -0.3 is 20.5 Å². The third-order valence-electron chi connectivity index (χ3n) is 4.66. The van der Waals surface area contributed by atoms with Crippen molar-refractivity contribution in [3.05, 3.63) is 35.9 Å². The molecule has 0 aliphatic carbocycles. The molecule has 0 unspecified atom stereocenters. The molecule has 0 saturated carbocycles. The smallest absolute Gasteiger partial charge is 0.392 e. The Labute approximate surface area is 162 Å². The van der Waals surface area contributed by atoms with Crippen LogP contribution in [0.15, 0.2) is 30.3 Å². The predicted molar refractivity (Wildman–Crippen MR) is 95.6 cm³/mol. The Hall–Kier alpha value is -3.04. The Morgan fingerprint density at radius 3 is 2.66 bits per heavy atom. The van der Waals surface area contributed by atoms with Crippen LogP contribution >= 0.6 is 0 Å². The summed E-state index contributed by atoms with van der Waals surface area (Å²) < 4.78 is 62.8. The van der Waals surface area contributed by atoms with Crippen LogP contribution in [0, 0.1) is 0 Å². The number of amides is 2. The molecule has 3 N–H and O–H groups in total. The Kier molecular flexibility index (Phi) is 5.29. The zero-order valence-electron chi connectivity index (χ0n) is 15.3. The van der Waals surface area contributed by atoms with Crippen molar-refractivity contribution in [3.8, 4) is 11.5 Å². The van der Waals surface area contributed by atoms with Gasteiger partial charge in [0.05, 0.1) is 25.1 Å². The molecule has 0 bridgehead atoms. The molecule has 1 aliphatic heterocycles. The number of nitrogens with two attached hydrogens (primary N) is 1. The molecule has 0 spiro atoms. The molecule has 3 rings (SSSR count). The summed E-state index contributed by atoms with van der Waals surface area (Å²) in [6.07, 6.45) is -7.29. The summed E-state index contributed by atoms with van der Waals surface area (Å²) in [5, 5.41) is 3.38. The first-order chi connectivity index (χ1) is 13.5. The van der Waals surface area contributed by atoms with E-state index in [2.05, 4.69) is 5.32 Å². The Balaban J connectivity index is 1.79. The van der Waals surface area contributed by atoms with E-state index in [0.717, 1.165) is 0 Å². The van der Waals surface area contributed by atoms with E-state index >= 15 is 0 Å². The molecule has 2 atom stereocenters. The van der Waals surface area contributed by atoms with E-state index in [1.165, 1.54) is 13.2 Å². The van der Waals surface area contributed by atoms with Gasteiger partial charge in [0.2, 0.25) is 0 Å². The van der Waals surface area contributed by atoms with Crippen molar-refractivity contribution in [1.82, 2.24) is 5.32 Å². The number of halogens is 4. The van der Waals surface area contributed by atoms with Gasteiger partial charge >= 0.3 is 6.18 Å². The quantitative estimate of drug-likeness (QED) is 0.712. The summed E-state index contributed by atoms with van der Waals surface area (Å²) in [5.41, 5.74) is 2.50. The van der Waals surface area contributed by atoms with Gasteiger partial charge in [-0.05, 0) is 23.6 Å². The first-order valence-corrected chi connectivity index (χ1v) is 8.62. The van der Waals surface area contributed by atoms with Crippen LogP contribution in [0.25, 0.3) is 10.8 Å². The van der Waals surface area contributed by atoms with E-state index in [1.54, 1.807) is 24.3 Å². The average Bonchev–Trinajstić information content (AvgIpc) is 2.90. The summed E-state index contributed by atoms with van der Waals surface area (Å²) >= 11 is 0. The minimum absolute atomic E-state index is 0.176. The number of hydrogen-bond acceptors (Lipinski definition) is 4.